The van der Waals surface area contributed by atoms with Crippen molar-refractivity contribution in [2.75, 3.05) is 6.61 Å². The van der Waals surface area contributed by atoms with Gasteiger partial charge in [0.2, 0.25) is 0 Å². The van der Waals surface area contributed by atoms with E-state index >= 15 is 0 Å². The van der Waals surface area contributed by atoms with Gasteiger partial charge in [0.15, 0.2) is 0 Å². The summed E-state index contributed by atoms with van der Waals surface area (Å²) in [6.45, 7) is -1.42. The Kier molecular flexibility index (Phi) is 5.75. The summed E-state index contributed by atoms with van der Waals surface area (Å²) in [4.78, 5) is 0. The van der Waals surface area contributed by atoms with Crippen molar-refractivity contribution >= 4 is 28.3 Å². The predicted octanol–water partition coefficient (Wildman–Crippen LogP) is 2.64. The highest BCUT2D eigenvalue weighted by Gasteiger charge is 2.38. The highest BCUT2D eigenvalue weighted by molar-refractivity contribution is 9.10. The number of hydrogen-bond donors (Lipinski definition) is 2. The third-order valence-corrected chi connectivity index (χ3v) is 2.59. The maximum Gasteiger partial charge on any atom is 0.289 e. The lowest BCUT2D eigenvalue weighted by Gasteiger charge is -2.22. The van der Waals surface area contributed by atoms with E-state index in [0.717, 1.165) is 6.07 Å². The third-order valence-electron chi connectivity index (χ3n) is 1.98. The second-order valence-corrected chi connectivity index (χ2v) is 3.89. The van der Waals surface area contributed by atoms with E-state index in [0.29, 0.717) is 0 Å². The Labute approximate surface area is 105 Å². The van der Waals surface area contributed by atoms with Crippen molar-refractivity contribution in [3.63, 3.8) is 0 Å². The van der Waals surface area contributed by atoms with E-state index in [4.69, 9.17) is 10.8 Å². The van der Waals surface area contributed by atoms with Crippen LogP contribution in [-0.2, 0) is 0 Å². The molecule has 7 heteroatoms. The first-order valence-corrected chi connectivity index (χ1v) is 4.87. The molecule has 0 unspecified atom stereocenters. The first-order chi connectivity index (χ1) is 6.90. The molecule has 0 saturated heterocycles. The number of aliphatic hydroxyl groups is 1. The van der Waals surface area contributed by atoms with Gasteiger partial charge in [-0.05, 0) is 22.0 Å². The van der Waals surface area contributed by atoms with Gasteiger partial charge < -0.3 is 10.8 Å². The first kappa shape index (κ1) is 15.7. The van der Waals surface area contributed by atoms with E-state index in [1.165, 1.54) is 12.1 Å². The molecule has 1 rings (SSSR count). The molecule has 1 aromatic rings. The summed E-state index contributed by atoms with van der Waals surface area (Å²) in [7, 11) is 0. The van der Waals surface area contributed by atoms with E-state index < -0.39 is 24.4 Å². The van der Waals surface area contributed by atoms with Crippen molar-refractivity contribution < 1.29 is 18.3 Å². The fourth-order valence-corrected chi connectivity index (χ4v) is 1.47. The summed E-state index contributed by atoms with van der Waals surface area (Å²) < 4.78 is 39.4. The second kappa shape index (κ2) is 5.86. The highest BCUT2D eigenvalue weighted by Crippen LogP contribution is 2.32. The number of benzene rings is 1. The van der Waals surface area contributed by atoms with Gasteiger partial charge in [-0.15, -0.1) is 12.4 Å². The number of alkyl halides is 2. The smallest absolute Gasteiger partial charge is 0.289 e. The van der Waals surface area contributed by atoms with Crippen molar-refractivity contribution in [2.24, 2.45) is 5.73 Å². The lowest BCUT2D eigenvalue weighted by atomic mass is 10.0. The normalized spacial score (nSPS) is 13.1. The van der Waals surface area contributed by atoms with Crippen LogP contribution in [0.5, 0.6) is 0 Å². The molecule has 0 saturated carbocycles. The van der Waals surface area contributed by atoms with Gasteiger partial charge in [0.1, 0.15) is 12.4 Å². The highest BCUT2D eigenvalue weighted by atomic mass is 79.9. The summed E-state index contributed by atoms with van der Waals surface area (Å²) in [6, 6.07) is 2.08. The van der Waals surface area contributed by atoms with Gasteiger partial charge in [-0.25, -0.2) is 13.2 Å². The van der Waals surface area contributed by atoms with Crippen LogP contribution in [0.4, 0.5) is 13.2 Å². The lowest BCUT2D eigenvalue weighted by molar-refractivity contribution is -0.0719. The van der Waals surface area contributed by atoms with Gasteiger partial charge in [0.25, 0.3) is 5.92 Å². The molecule has 0 heterocycles. The maximum atomic E-state index is 13.4. The van der Waals surface area contributed by atoms with Crippen LogP contribution >= 0.6 is 28.3 Å². The molecule has 0 amide bonds. The Bertz CT molecular complexity index is 365. The predicted molar refractivity (Wildman–Crippen MR) is 60.3 cm³/mol. The molecule has 1 atom stereocenters. The molecular formula is C9H10BrClF3NO. The molecule has 0 bridgehead atoms. The molecule has 0 aliphatic carbocycles. The first-order valence-electron chi connectivity index (χ1n) is 4.08. The van der Waals surface area contributed by atoms with Crippen LogP contribution in [0.3, 0.4) is 0 Å². The molecular weight excluding hydrogens is 310 g/mol. The van der Waals surface area contributed by atoms with Crippen LogP contribution in [0.2, 0.25) is 0 Å². The van der Waals surface area contributed by atoms with Crippen LogP contribution in [0.15, 0.2) is 22.7 Å². The number of nitrogens with two attached hydrogens (primary N) is 1. The van der Waals surface area contributed by atoms with Gasteiger partial charge in [0, 0.05) is 5.56 Å². The molecule has 0 fully saturated rings. The summed E-state index contributed by atoms with van der Waals surface area (Å²) in [6.07, 6.45) is 0. The molecule has 0 radical (unpaired) electrons. The zero-order valence-corrected chi connectivity index (χ0v) is 10.4. The fourth-order valence-electron chi connectivity index (χ4n) is 1.09. The van der Waals surface area contributed by atoms with E-state index in [2.05, 4.69) is 15.9 Å². The minimum Gasteiger partial charge on any atom is -0.390 e. The average Bonchev–Trinajstić information content (AvgIpc) is 2.21. The van der Waals surface area contributed by atoms with Crippen molar-refractivity contribution in [3.05, 3.63) is 34.1 Å². The van der Waals surface area contributed by atoms with Crippen LogP contribution in [-0.4, -0.2) is 17.6 Å². The molecule has 0 spiro atoms. The van der Waals surface area contributed by atoms with Gasteiger partial charge >= 0.3 is 0 Å². The summed E-state index contributed by atoms with van der Waals surface area (Å²) in [5.41, 5.74) is 4.85. The molecule has 92 valence electrons. The van der Waals surface area contributed by atoms with E-state index in [-0.39, 0.29) is 22.4 Å². The standard InChI is InChI=1S/C9H9BrF3NO.ClH/c10-6-3-1-2-5(7(6)11)8(14)9(12,13)4-15;/h1-3,8,15H,4,14H2;1H/t8-;/m1./s1. The van der Waals surface area contributed by atoms with Crippen molar-refractivity contribution in [1.82, 2.24) is 0 Å². The zero-order chi connectivity index (χ0) is 11.6. The molecule has 1 aromatic carbocycles. The molecule has 16 heavy (non-hydrogen) atoms. The monoisotopic (exact) mass is 319 g/mol. The Morgan fingerprint density at radius 1 is 1.44 bits per heavy atom. The quantitative estimate of drug-likeness (QED) is 0.899. The van der Waals surface area contributed by atoms with Crippen LogP contribution in [0.1, 0.15) is 11.6 Å². The zero-order valence-electron chi connectivity index (χ0n) is 7.96. The average molecular weight is 321 g/mol. The van der Waals surface area contributed by atoms with E-state index in [1.54, 1.807) is 0 Å². The van der Waals surface area contributed by atoms with E-state index in [9.17, 15) is 13.2 Å². The molecule has 3 N–H and O–H groups in total. The Morgan fingerprint density at radius 2 is 2.00 bits per heavy atom. The van der Waals surface area contributed by atoms with Crippen LogP contribution in [0, 0.1) is 5.82 Å². The number of hydrogen-bond acceptors (Lipinski definition) is 2. The van der Waals surface area contributed by atoms with Crippen molar-refractivity contribution in [1.29, 1.82) is 0 Å². The number of halogens is 5. The largest absolute Gasteiger partial charge is 0.390 e. The van der Waals surface area contributed by atoms with Gasteiger partial charge in [-0.2, -0.15) is 0 Å². The lowest BCUT2D eigenvalue weighted by Crippen LogP contribution is -2.36. The Balaban J connectivity index is 0.00000225. The second-order valence-electron chi connectivity index (χ2n) is 3.04. The molecule has 2 nitrogen and oxygen atoms in total. The van der Waals surface area contributed by atoms with Crippen LogP contribution < -0.4 is 5.73 Å². The minimum absolute atomic E-state index is 0. The van der Waals surface area contributed by atoms with Gasteiger partial charge in [-0.1, -0.05) is 12.1 Å². The molecule has 0 aliphatic rings. The van der Waals surface area contributed by atoms with Crippen molar-refractivity contribution in [2.45, 2.75) is 12.0 Å². The Morgan fingerprint density at radius 3 is 2.50 bits per heavy atom. The minimum atomic E-state index is -3.54. The fraction of sp³-hybridized carbons (Fsp3) is 0.333. The van der Waals surface area contributed by atoms with Crippen LogP contribution in [0.25, 0.3) is 0 Å². The third kappa shape index (κ3) is 3.10. The molecule has 0 aliphatic heterocycles. The number of aliphatic hydroxyl groups excluding tert-OH is 1. The van der Waals surface area contributed by atoms with E-state index in [1.807, 2.05) is 0 Å². The van der Waals surface area contributed by atoms with Crippen molar-refractivity contribution in [3.8, 4) is 0 Å². The molecule has 0 aromatic heterocycles. The summed E-state index contributed by atoms with van der Waals surface area (Å²) in [5.74, 6) is -4.38. The van der Waals surface area contributed by atoms with Gasteiger partial charge in [0.05, 0.1) is 10.5 Å². The topological polar surface area (TPSA) is 46.2 Å². The SMILES string of the molecule is Cl.N[C@H](c1cccc(Br)c1F)C(F)(F)CO. The summed E-state index contributed by atoms with van der Waals surface area (Å²) >= 11 is 2.87. The Hall–Kier alpha value is -0.300. The summed E-state index contributed by atoms with van der Waals surface area (Å²) in [5, 5.41) is 8.42. The van der Waals surface area contributed by atoms with Gasteiger partial charge in [-0.3, -0.25) is 0 Å². The maximum absolute atomic E-state index is 13.4. The number of rotatable bonds is 3.